The van der Waals surface area contributed by atoms with Crippen molar-refractivity contribution < 1.29 is 19.6 Å². The van der Waals surface area contributed by atoms with Crippen LogP contribution in [0.3, 0.4) is 0 Å². The molecule has 21 heavy (non-hydrogen) atoms. The molecule has 0 aromatic heterocycles. The molecule has 1 aromatic carbocycles. The Morgan fingerprint density at radius 3 is 2.29 bits per heavy atom. The fraction of sp³-hybridized carbons (Fsp3) is 0.500. The summed E-state index contributed by atoms with van der Waals surface area (Å²) in [6.07, 6.45) is 0.895. The van der Waals surface area contributed by atoms with E-state index < -0.39 is 11.0 Å². The van der Waals surface area contributed by atoms with Crippen molar-refractivity contribution >= 4 is 11.8 Å². The first-order valence-corrected chi connectivity index (χ1v) is 6.92. The molecule has 1 saturated heterocycles. The van der Waals surface area contributed by atoms with Gasteiger partial charge in [0.1, 0.15) is 5.75 Å². The number of nitro benzene ring substituents is 1. The highest BCUT2D eigenvalue weighted by molar-refractivity contribution is 5.65. The Morgan fingerprint density at radius 2 is 1.81 bits per heavy atom. The fourth-order valence-corrected chi connectivity index (χ4v) is 3.34. The number of fused-ring (bicyclic) bond motifs is 1. The van der Waals surface area contributed by atoms with Crippen LogP contribution in [0.15, 0.2) is 24.3 Å². The Kier molecular flexibility index (Phi) is 3.40. The average Bonchev–Trinajstić information content (AvgIpc) is 2.97. The van der Waals surface area contributed by atoms with E-state index in [0.29, 0.717) is 30.7 Å². The van der Waals surface area contributed by atoms with Gasteiger partial charge < -0.3 is 14.7 Å². The molecule has 112 valence electrons. The lowest BCUT2D eigenvalue weighted by Gasteiger charge is -2.17. The van der Waals surface area contributed by atoms with E-state index in [1.807, 2.05) is 0 Å². The fourth-order valence-electron chi connectivity index (χ4n) is 3.34. The van der Waals surface area contributed by atoms with Crippen LogP contribution in [0.25, 0.3) is 0 Å². The van der Waals surface area contributed by atoms with E-state index >= 15 is 0 Å². The quantitative estimate of drug-likeness (QED) is 0.682. The van der Waals surface area contributed by atoms with Crippen molar-refractivity contribution in [3.05, 3.63) is 34.4 Å². The van der Waals surface area contributed by atoms with Crippen LogP contribution in [0.2, 0.25) is 0 Å². The van der Waals surface area contributed by atoms with Gasteiger partial charge in [-0.3, -0.25) is 10.1 Å². The molecule has 3 atom stereocenters. The Morgan fingerprint density at radius 1 is 1.24 bits per heavy atom. The number of hydrogen-bond donors (Lipinski definition) is 1. The molecular weight excluding hydrogens is 276 g/mol. The Bertz CT molecular complexity index is 545. The molecule has 7 nitrogen and oxygen atoms in total. The first-order chi connectivity index (χ1) is 10.0. The molecule has 1 saturated carbocycles. The second-order valence-corrected chi connectivity index (χ2v) is 5.67. The minimum atomic E-state index is -0.850. The van der Waals surface area contributed by atoms with Gasteiger partial charge in [0.05, 0.1) is 11.0 Å². The van der Waals surface area contributed by atoms with Gasteiger partial charge in [-0.25, -0.2) is 4.79 Å². The maximum atomic E-state index is 10.9. The van der Waals surface area contributed by atoms with Gasteiger partial charge in [-0.1, -0.05) is 0 Å². The van der Waals surface area contributed by atoms with E-state index in [1.165, 1.54) is 17.0 Å². The summed E-state index contributed by atoms with van der Waals surface area (Å²) in [6, 6.07) is 6.07. The average molecular weight is 292 g/mol. The maximum Gasteiger partial charge on any atom is 0.407 e. The van der Waals surface area contributed by atoms with Crippen molar-refractivity contribution in [2.45, 2.75) is 18.9 Å². The lowest BCUT2D eigenvalue weighted by atomic mass is 10.0. The summed E-state index contributed by atoms with van der Waals surface area (Å²) in [5.74, 6) is 1.36. The minimum Gasteiger partial charge on any atom is -0.490 e. The number of rotatable bonds is 3. The van der Waals surface area contributed by atoms with Gasteiger partial charge in [-0.2, -0.15) is 0 Å². The largest absolute Gasteiger partial charge is 0.490 e. The van der Waals surface area contributed by atoms with Crippen LogP contribution in [0.4, 0.5) is 10.5 Å². The van der Waals surface area contributed by atoms with E-state index in [2.05, 4.69) is 0 Å². The summed E-state index contributed by atoms with van der Waals surface area (Å²) < 4.78 is 5.85. The van der Waals surface area contributed by atoms with Gasteiger partial charge in [0.15, 0.2) is 0 Å². The third-order valence-electron chi connectivity index (χ3n) is 4.33. The summed E-state index contributed by atoms with van der Waals surface area (Å²) in [6.45, 7) is 1.17. The van der Waals surface area contributed by atoms with E-state index in [0.717, 1.165) is 12.8 Å². The van der Waals surface area contributed by atoms with Crippen LogP contribution in [0.1, 0.15) is 12.8 Å². The molecule has 3 rings (SSSR count). The number of nitrogens with zero attached hydrogens (tertiary/aromatic N) is 2. The first-order valence-electron chi connectivity index (χ1n) is 6.92. The van der Waals surface area contributed by atoms with Crippen LogP contribution in [0, 0.1) is 22.0 Å². The molecular formula is C14H16N2O5. The number of amides is 1. The highest BCUT2D eigenvalue weighted by atomic mass is 16.6. The minimum absolute atomic E-state index is 0.0442. The Balaban J connectivity index is 1.57. The van der Waals surface area contributed by atoms with Gasteiger partial charge in [0, 0.05) is 25.2 Å². The number of ether oxygens (including phenoxy) is 1. The second kappa shape index (κ2) is 5.23. The van der Waals surface area contributed by atoms with Crippen LogP contribution in [-0.2, 0) is 0 Å². The molecule has 0 spiro atoms. The molecule has 1 amide bonds. The van der Waals surface area contributed by atoms with E-state index in [-0.39, 0.29) is 11.8 Å². The first kappa shape index (κ1) is 13.7. The normalized spacial score (nSPS) is 27.4. The van der Waals surface area contributed by atoms with Crippen molar-refractivity contribution in [3.63, 3.8) is 0 Å². The number of nitro groups is 1. The van der Waals surface area contributed by atoms with Crippen molar-refractivity contribution in [2.75, 3.05) is 13.1 Å². The molecule has 1 N–H and O–H groups in total. The van der Waals surface area contributed by atoms with Crippen LogP contribution >= 0.6 is 0 Å². The van der Waals surface area contributed by atoms with Gasteiger partial charge in [-0.05, 0) is 36.8 Å². The molecule has 1 aliphatic carbocycles. The third kappa shape index (κ3) is 2.76. The predicted octanol–water partition coefficient (Wildman–Crippen LogP) is 2.36. The zero-order chi connectivity index (χ0) is 15.0. The Labute approximate surface area is 121 Å². The molecule has 1 heterocycles. The number of non-ortho nitro benzene ring substituents is 1. The smallest absolute Gasteiger partial charge is 0.407 e. The van der Waals surface area contributed by atoms with Gasteiger partial charge in [0.2, 0.25) is 0 Å². The maximum absolute atomic E-state index is 10.9. The van der Waals surface area contributed by atoms with Gasteiger partial charge in [0.25, 0.3) is 5.69 Å². The molecule has 1 aromatic rings. The second-order valence-electron chi connectivity index (χ2n) is 5.67. The predicted molar refractivity (Wildman–Crippen MR) is 73.3 cm³/mol. The Hall–Kier alpha value is -2.31. The third-order valence-corrected chi connectivity index (χ3v) is 4.33. The molecule has 2 fully saturated rings. The number of carbonyl (C=O) groups is 1. The summed E-state index contributed by atoms with van der Waals surface area (Å²) >= 11 is 0. The van der Waals surface area contributed by atoms with E-state index in [9.17, 15) is 14.9 Å². The topological polar surface area (TPSA) is 92.9 Å². The van der Waals surface area contributed by atoms with Gasteiger partial charge in [-0.15, -0.1) is 0 Å². The molecule has 0 unspecified atom stereocenters. The van der Waals surface area contributed by atoms with Gasteiger partial charge >= 0.3 is 6.09 Å². The zero-order valence-corrected chi connectivity index (χ0v) is 11.3. The molecule has 0 bridgehead atoms. The zero-order valence-electron chi connectivity index (χ0n) is 11.3. The lowest BCUT2D eigenvalue weighted by Crippen LogP contribution is -2.29. The number of benzene rings is 1. The van der Waals surface area contributed by atoms with Crippen molar-refractivity contribution in [1.82, 2.24) is 4.90 Å². The summed E-state index contributed by atoms with van der Waals surface area (Å²) in [5, 5.41) is 19.6. The van der Waals surface area contributed by atoms with Crippen LogP contribution in [-0.4, -0.2) is 40.2 Å². The van der Waals surface area contributed by atoms with E-state index in [4.69, 9.17) is 9.84 Å². The van der Waals surface area contributed by atoms with Crippen molar-refractivity contribution in [3.8, 4) is 5.75 Å². The van der Waals surface area contributed by atoms with E-state index in [1.54, 1.807) is 12.1 Å². The summed E-state index contributed by atoms with van der Waals surface area (Å²) in [5.41, 5.74) is 0.0442. The number of hydrogen-bond acceptors (Lipinski definition) is 4. The standard InChI is InChI=1S/C14H16N2O5/c17-14(18)15-7-9-5-13(6-10(9)8-15)21-12-3-1-11(2-4-12)16(19)20/h1-4,9-10,13H,5-8H2,(H,17,18)/t9-,10+,13-. The molecule has 2 aliphatic rings. The lowest BCUT2D eigenvalue weighted by molar-refractivity contribution is -0.384. The SMILES string of the molecule is O=C(O)N1C[C@H]2C[C@@H](Oc3ccc([N+](=O)[O-])cc3)C[C@H]2C1. The van der Waals surface area contributed by atoms with Crippen molar-refractivity contribution in [1.29, 1.82) is 0 Å². The summed E-state index contributed by atoms with van der Waals surface area (Å²) in [7, 11) is 0. The highest BCUT2D eigenvalue weighted by Crippen LogP contribution is 2.39. The summed E-state index contributed by atoms with van der Waals surface area (Å²) in [4.78, 5) is 22.5. The molecule has 1 aliphatic heterocycles. The van der Waals surface area contributed by atoms with Crippen LogP contribution in [0.5, 0.6) is 5.75 Å². The number of carboxylic acid groups (broad SMARTS) is 1. The molecule has 0 radical (unpaired) electrons. The monoisotopic (exact) mass is 292 g/mol. The van der Waals surface area contributed by atoms with Crippen LogP contribution < -0.4 is 4.74 Å². The molecule has 7 heteroatoms. The number of likely N-dealkylation sites (tertiary alicyclic amines) is 1. The highest BCUT2D eigenvalue weighted by Gasteiger charge is 2.43. The van der Waals surface area contributed by atoms with Crippen molar-refractivity contribution in [2.24, 2.45) is 11.8 Å².